The second kappa shape index (κ2) is 8.93. The number of Topliss-reactive ketones (excluding diaryl/α,β-unsaturated/α-hetero) is 1. The first-order valence-corrected chi connectivity index (χ1v) is 13.9. The molecule has 0 aliphatic heterocycles. The van der Waals surface area contributed by atoms with Gasteiger partial charge >= 0.3 is 0 Å². The van der Waals surface area contributed by atoms with Crippen LogP contribution in [0.2, 0.25) is 0 Å². The van der Waals surface area contributed by atoms with Crippen LogP contribution < -0.4 is 4.90 Å². The summed E-state index contributed by atoms with van der Waals surface area (Å²) in [6, 6.07) is 24.6. The second-order valence-corrected chi connectivity index (χ2v) is 11.0. The number of ketones is 1. The number of aliphatic hydroxyl groups is 1. The number of nitroso groups, excluding NO2 is 1. The number of carbonyl (C=O) groups is 1. The molecule has 7 nitrogen and oxygen atoms in total. The van der Waals surface area contributed by atoms with Crippen LogP contribution in [0, 0.1) is 4.91 Å². The van der Waals surface area contributed by atoms with Crippen molar-refractivity contribution in [2.75, 3.05) is 4.90 Å². The predicted octanol–water partition coefficient (Wildman–Crippen LogP) is 8.07. The molecule has 1 unspecified atom stereocenters. The van der Waals surface area contributed by atoms with Crippen molar-refractivity contribution in [3.63, 3.8) is 0 Å². The van der Waals surface area contributed by atoms with Gasteiger partial charge in [0.1, 0.15) is 17.2 Å². The number of fused-ring (bicyclic) bond motifs is 3. The number of thiophene rings is 2. The highest BCUT2D eigenvalue weighted by Crippen LogP contribution is 2.48. The number of hydrogen-bond donors (Lipinski definition) is 2. The summed E-state index contributed by atoms with van der Waals surface area (Å²) in [6.07, 6.45) is 0. The van der Waals surface area contributed by atoms with Gasteiger partial charge in [0.05, 0.1) is 37.3 Å². The van der Waals surface area contributed by atoms with Crippen LogP contribution in [-0.4, -0.2) is 26.6 Å². The van der Waals surface area contributed by atoms with Crippen molar-refractivity contribution in [3.8, 4) is 11.4 Å². The van der Waals surface area contributed by atoms with Gasteiger partial charge in [-0.2, -0.15) is 0 Å². The lowest BCUT2D eigenvalue weighted by Gasteiger charge is -2.38. The first-order chi connectivity index (χ1) is 19.1. The zero-order valence-electron chi connectivity index (χ0n) is 20.2. The van der Waals surface area contributed by atoms with Crippen molar-refractivity contribution >= 4 is 71.5 Å². The molecule has 1 atom stereocenters. The van der Waals surface area contributed by atoms with E-state index in [1.54, 1.807) is 33.6 Å². The molecule has 3 aromatic heterocycles. The number of anilines is 2. The van der Waals surface area contributed by atoms with Gasteiger partial charge in [-0.15, -0.1) is 27.6 Å². The first-order valence-electron chi connectivity index (χ1n) is 12.1. The molecule has 190 valence electrons. The van der Waals surface area contributed by atoms with Crippen LogP contribution >= 0.6 is 22.7 Å². The minimum atomic E-state index is -1.01. The number of para-hydroxylation sites is 2. The molecule has 0 amide bonds. The van der Waals surface area contributed by atoms with Crippen molar-refractivity contribution in [3.05, 3.63) is 112 Å². The fourth-order valence-corrected chi connectivity index (χ4v) is 7.26. The molecule has 1 aliphatic carbocycles. The van der Waals surface area contributed by atoms with Crippen LogP contribution in [0.5, 0.6) is 5.75 Å². The van der Waals surface area contributed by atoms with Crippen LogP contribution in [0.1, 0.15) is 5.56 Å². The largest absolute Gasteiger partial charge is 0.509 e. The fraction of sp³-hybridized carbons (Fsp3) is 0.0333. The molecule has 3 aromatic carbocycles. The van der Waals surface area contributed by atoms with Gasteiger partial charge in [-0.25, -0.2) is 0 Å². The van der Waals surface area contributed by atoms with Crippen LogP contribution in [-0.2, 0) is 4.79 Å². The number of aromatic hydroxyl groups is 1. The van der Waals surface area contributed by atoms with Crippen LogP contribution in [0.4, 0.5) is 17.1 Å². The Kier molecular flexibility index (Phi) is 5.36. The van der Waals surface area contributed by atoms with E-state index in [0.717, 1.165) is 20.4 Å². The van der Waals surface area contributed by atoms with E-state index in [0.29, 0.717) is 17.1 Å². The maximum Gasteiger partial charge on any atom is 0.197 e. The molecular weight excluding hydrogens is 530 g/mol. The quantitative estimate of drug-likeness (QED) is 0.205. The fourth-order valence-electron chi connectivity index (χ4n) is 5.32. The molecule has 0 saturated carbocycles. The highest BCUT2D eigenvalue weighted by atomic mass is 32.1. The van der Waals surface area contributed by atoms with Crippen molar-refractivity contribution in [1.82, 2.24) is 4.57 Å². The lowest BCUT2D eigenvalue weighted by atomic mass is 9.81. The minimum absolute atomic E-state index is 0.0659. The molecule has 0 spiro atoms. The van der Waals surface area contributed by atoms with E-state index in [1.165, 1.54) is 6.07 Å². The molecule has 6 aromatic rings. The van der Waals surface area contributed by atoms with E-state index < -0.39 is 11.8 Å². The van der Waals surface area contributed by atoms with Crippen LogP contribution in [0.3, 0.4) is 0 Å². The number of carbonyl (C=O) groups excluding carboxylic acids is 1. The molecule has 1 aliphatic rings. The Morgan fingerprint density at radius 1 is 0.795 bits per heavy atom. The molecule has 9 heteroatoms. The smallest absolute Gasteiger partial charge is 0.197 e. The number of rotatable bonds is 6. The summed E-state index contributed by atoms with van der Waals surface area (Å²) >= 11 is 3.25. The van der Waals surface area contributed by atoms with Gasteiger partial charge in [0.25, 0.3) is 0 Å². The van der Waals surface area contributed by atoms with Crippen molar-refractivity contribution in [1.29, 1.82) is 0 Å². The Hall–Kier alpha value is -4.73. The van der Waals surface area contributed by atoms with E-state index in [-0.39, 0.29) is 28.3 Å². The summed E-state index contributed by atoms with van der Waals surface area (Å²) in [5.41, 5.74) is 3.59. The van der Waals surface area contributed by atoms with Crippen molar-refractivity contribution < 1.29 is 15.0 Å². The number of aromatic nitrogens is 1. The van der Waals surface area contributed by atoms with E-state index in [2.05, 4.69) is 5.18 Å². The molecule has 7 rings (SSSR count). The highest BCUT2D eigenvalue weighted by molar-refractivity contribution is 7.25. The Morgan fingerprint density at radius 2 is 1.36 bits per heavy atom. The normalized spacial score (nSPS) is 15.2. The molecule has 0 fully saturated rings. The van der Waals surface area contributed by atoms with Crippen LogP contribution in [0.15, 0.2) is 107 Å². The van der Waals surface area contributed by atoms with E-state index in [4.69, 9.17) is 0 Å². The Morgan fingerprint density at radius 3 is 1.87 bits per heavy atom. The summed E-state index contributed by atoms with van der Waals surface area (Å²) in [5.74, 6) is -0.960. The lowest BCUT2D eigenvalue weighted by Crippen LogP contribution is -2.47. The third-order valence-corrected chi connectivity index (χ3v) is 8.97. The molecule has 39 heavy (non-hydrogen) atoms. The van der Waals surface area contributed by atoms with E-state index in [9.17, 15) is 19.9 Å². The monoisotopic (exact) mass is 549 g/mol. The molecule has 0 bridgehead atoms. The van der Waals surface area contributed by atoms with Gasteiger partial charge < -0.3 is 19.7 Å². The third kappa shape index (κ3) is 3.44. The van der Waals surface area contributed by atoms with Gasteiger partial charge in [-0.1, -0.05) is 36.4 Å². The lowest BCUT2D eigenvalue weighted by molar-refractivity contribution is -0.116. The highest BCUT2D eigenvalue weighted by Gasteiger charge is 2.46. The Labute approximate surface area is 230 Å². The maximum atomic E-state index is 13.7. The van der Waals surface area contributed by atoms with E-state index >= 15 is 0 Å². The van der Waals surface area contributed by atoms with Gasteiger partial charge in [0, 0.05) is 17.4 Å². The standard InChI is InChI=1S/C30H19N3O4S2/c34-23-16-19(33-21-11-13-38-29(21)30-22(33)12-14-39-30)15-20(31-37)24(23)25-27(35)26(28(25)36)32(17-7-3-1-4-8-17)18-9-5-2-6-10-18/h1-16,26,34-35H. The van der Waals surface area contributed by atoms with E-state index in [1.807, 2.05) is 88.1 Å². The van der Waals surface area contributed by atoms with Crippen LogP contribution in [0.25, 0.3) is 31.7 Å². The maximum absolute atomic E-state index is 13.7. The average molecular weight is 550 g/mol. The Bertz CT molecular complexity index is 1850. The van der Waals surface area contributed by atoms with Crippen molar-refractivity contribution in [2.45, 2.75) is 6.04 Å². The number of benzene rings is 3. The van der Waals surface area contributed by atoms with Gasteiger partial charge in [-0.05, 0) is 58.4 Å². The average Bonchev–Trinajstić information content (AvgIpc) is 3.69. The summed E-state index contributed by atoms with van der Waals surface area (Å²) in [5, 5.41) is 29.6. The number of hydrogen-bond acceptors (Lipinski definition) is 8. The van der Waals surface area contributed by atoms with Gasteiger partial charge in [-0.3, -0.25) is 4.79 Å². The zero-order chi connectivity index (χ0) is 26.7. The number of nitrogens with zero attached hydrogens (tertiary/aromatic N) is 3. The number of phenolic OH excluding ortho intramolecular Hbond substituents is 1. The Balaban J connectivity index is 1.36. The van der Waals surface area contributed by atoms with Crippen molar-refractivity contribution in [2.24, 2.45) is 5.18 Å². The predicted molar refractivity (Wildman–Crippen MR) is 157 cm³/mol. The molecular formula is C30H19N3O4S2. The molecule has 2 N–H and O–H groups in total. The van der Waals surface area contributed by atoms with Gasteiger partial charge in [0.15, 0.2) is 11.8 Å². The SMILES string of the molecule is O=Nc1cc(-n2c3ccsc3c3sccc32)cc(O)c1C1=C(O)C(N(c2ccccc2)c2ccccc2)C1=O. The zero-order valence-corrected chi connectivity index (χ0v) is 21.8. The third-order valence-electron chi connectivity index (χ3n) is 7.00. The topological polar surface area (TPSA) is 95.1 Å². The molecule has 0 radical (unpaired) electrons. The summed E-state index contributed by atoms with van der Waals surface area (Å²) in [4.78, 5) is 27.4. The number of phenols is 1. The summed E-state index contributed by atoms with van der Waals surface area (Å²) < 4.78 is 4.19. The molecule has 3 heterocycles. The number of aliphatic hydroxyl groups excluding tert-OH is 1. The van der Waals surface area contributed by atoms with Gasteiger partial charge in [0.2, 0.25) is 0 Å². The minimum Gasteiger partial charge on any atom is -0.509 e. The molecule has 0 saturated heterocycles. The first kappa shape index (κ1) is 23.4. The summed E-state index contributed by atoms with van der Waals surface area (Å²) in [7, 11) is 0. The summed E-state index contributed by atoms with van der Waals surface area (Å²) in [6.45, 7) is 0. The second-order valence-electron chi connectivity index (χ2n) is 9.12.